The maximum atomic E-state index is 12.6. The number of carbonyl (C=O) groups excluding carboxylic acids is 1. The fourth-order valence-corrected chi connectivity index (χ4v) is 2.38. The van der Waals surface area contributed by atoms with Crippen LogP contribution in [-0.2, 0) is 4.79 Å². The molecule has 2 rings (SSSR count). The SMILES string of the molecule is COc1cccc(/C=C/C(=O)Nc2ccc(C)cc2Cl)c1OC(F)F. The molecular weight excluding hydrogens is 352 g/mol. The number of alkyl halides is 2. The van der Waals surface area contributed by atoms with Crippen LogP contribution < -0.4 is 14.8 Å². The van der Waals surface area contributed by atoms with Crippen LogP contribution in [0.5, 0.6) is 11.5 Å². The number of benzene rings is 2. The smallest absolute Gasteiger partial charge is 0.387 e. The Kier molecular flexibility index (Phi) is 6.36. The summed E-state index contributed by atoms with van der Waals surface area (Å²) in [6.45, 7) is -1.13. The van der Waals surface area contributed by atoms with Crippen LogP contribution in [0.25, 0.3) is 6.08 Å². The Morgan fingerprint density at radius 2 is 2.04 bits per heavy atom. The van der Waals surface area contributed by atoms with Gasteiger partial charge >= 0.3 is 6.61 Å². The number of halogens is 3. The molecule has 1 N–H and O–H groups in total. The molecule has 0 bridgehead atoms. The number of hydrogen-bond acceptors (Lipinski definition) is 3. The molecule has 0 atom stereocenters. The van der Waals surface area contributed by atoms with E-state index in [0.717, 1.165) is 5.56 Å². The van der Waals surface area contributed by atoms with Gasteiger partial charge in [-0.2, -0.15) is 8.78 Å². The van der Waals surface area contributed by atoms with Crippen molar-refractivity contribution in [1.29, 1.82) is 0 Å². The zero-order chi connectivity index (χ0) is 18.4. The van der Waals surface area contributed by atoms with Gasteiger partial charge in [-0.25, -0.2) is 0 Å². The van der Waals surface area contributed by atoms with E-state index in [-0.39, 0.29) is 17.1 Å². The lowest BCUT2D eigenvalue weighted by Crippen LogP contribution is -2.08. The Labute approximate surface area is 149 Å². The van der Waals surface area contributed by atoms with E-state index < -0.39 is 12.5 Å². The van der Waals surface area contributed by atoms with Crippen molar-refractivity contribution in [2.75, 3.05) is 12.4 Å². The monoisotopic (exact) mass is 367 g/mol. The van der Waals surface area contributed by atoms with Gasteiger partial charge in [0.1, 0.15) is 0 Å². The number of nitrogens with one attached hydrogen (secondary N) is 1. The van der Waals surface area contributed by atoms with Crippen molar-refractivity contribution in [2.45, 2.75) is 13.5 Å². The van der Waals surface area contributed by atoms with E-state index in [1.54, 1.807) is 18.2 Å². The summed E-state index contributed by atoms with van der Waals surface area (Å²) in [5.41, 5.74) is 1.70. The van der Waals surface area contributed by atoms with E-state index in [1.807, 2.05) is 13.0 Å². The maximum absolute atomic E-state index is 12.6. The summed E-state index contributed by atoms with van der Waals surface area (Å²) in [4.78, 5) is 12.0. The summed E-state index contributed by atoms with van der Waals surface area (Å²) in [6, 6.07) is 9.83. The molecule has 0 saturated carbocycles. The first-order valence-electron chi connectivity index (χ1n) is 7.27. The van der Waals surface area contributed by atoms with Crippen molar-refractivity contribution in [1.82, 2.24) is 0 Å². The van der Waals surface area contributed by atoms with E-state index in [1.165, 1.54) is 31.4 Å². The molecule has 0 aromatic heterocycles. The third-order valence-electron chi connectivity index (χ3n) is 3.23. The molecular formula is C18H16ClF2NO3. The number of para-hydroxylation sites is 1. The fraction of sp³-hybridized carbons (Fsp3) is 0.167. The van der Waals surface area contributed by atoms with E-state index in [9.17, 15) is 13.6 Å². The van der Waals surface area contributed by atoms with Gasteiger partial charge in [-0.15, -0.1) is 0 Å². The number of anilines is 1. The minimum absolute atomic E-state index is 0.141. The van der Waals surface area contributed by atoms with Gasteiger partial charge in [0.15, 0.2) is 11.5 Å². The molecule has 0 aliphatic heterocycles. The van der Waals surface area contributed by atoms with Gasteiger partial charge < -0.3 is 14.8 Å². The minimum Gasteiger partial charge on any atom is -0.493 e. The molecule has 0 radical (unpaired) electrons. The number of hydrogen-bond donors (Lipinski definition) is 1. The number of amides is 1. The molecule has 2 aromatic carbocycles. The largest absolute Gasteiger partial charge is 0.493 e. The summed E-state index contributed by atoms with van der Waals surface area (Å²) in [7, 11) is 1.34. The van der Waals surface area contributed by atoms with Crippen molar-refractivity contribution in [3.05, 3.63) is 58.6 Å². The van der Waals surface area contributed by atoms with E-state index in [4.69, 9.17) is 16.3 Å². The van der Waals surface area contributed by atoms with Crippen molar-refractivity contribution < 1.29 is 23.0 Å². The third-order valence-corrected chi connectivity index (χ3v) is 3.55. The molecule has 25 heavy (non-hydrogen) atoms. The summed E-state index contributed by atoms with van der Waals surface area (Å²) < 4.78 is 34.7. The van der Waals surface area contributed by atoms with Crippen LogP contribution in [0, 0.1) is 6.92 Å². The number of carbonyl (C=O) groups is 1. The normalized spacial score (nSPS) is 11.0. The van der Waals surface area contributed by atoms with E-state index >= 15 is 0 Å². The lowest BCUT2D eigenvalue weighted by Gasteiger charge is -2.12. The van der Waals surface area contributed by atoms with Crippen LogP contribution in [0.4, 0.5) is 14.5 Å². The van der Waals surface area contributed by atoms with Gasteiger partial charge in [0, 0.05) is 11.6 Å². The molecule has 7 heteroatoms. The lowest BCUT2D eigenvalue weighted by molar-refractivity contribution is -0.111. The fourth-order valence-electron chi connectivity index (χ4n) is 2.10. The Hall–Kier alpha value is -2.60. The molecule has 0 unspecified atom stereocenters. The predicted octanol–water partition coefficient (Wildman–Crippen LogP) is 4.91. The molecule has 0 saturated heterocycles. The molecule has 132 valence electrons. The summed E-state index contributed by atoms with van der Waals surface area (Å²) in [6.07, 6.45) is 2.56. The van der Waals surface area contributed by atoms with Crippen LogP contribution in [-0.4, -0.2) is 19.6 Å². The van der Waals surface area contributed by atoms with Gasteiger partial charge in [0.25, 0.3) is 0 Å². The van der Waals surface area contributed by atoms with Crippen LogP contribution >= 0.6 is 11.6 Å². The van der Waals surface area contributed by atoms with Gasteiger partial charge in [-0.3, -0.25) is 4.79 Å². The second-order valence-corrected chi connectivity index (χ2v) is 5.47. The Balaban J connectivity index is 2.19. The lowest BCUT2D eigenvalue weighted by atomic mass is 10.1. The molecule has 0 aliphatic rings. The molecule has 4 nitrogen and oxygen atoms in total. The van der Waals surface area contributed by atoms with Gasteiger partial charge in [-0.1, -0.05) is 29.8 Å². The van der Waals surface area contributed by atoms with Crippen LogP contribution in [0.2, 0.25) is 5.02 Å². The molecule has 0 spiro atoms. The van der Waals surface area contributed by atoms with Crippen LogP contribution in [0.3, 0.4) is 0 Å². The van der Waals surface area contributed by atoms with Crippen LogP contribution in [0.1, 0.15) is 11.1 Å². The van der Waals surface area contributed by atoms with Gasteiger partial charge in [0.2, 0.25) is 5.91 Å². The number of aryl methyl sites for hydroxylation is 1. The van der Waals surface area contributed by atoms with E-state index in [0.29, 0.717) is 10.7 Å². The summed E-state index contributed by atoms with van der Waals surface area (Å²) in [5, 5.41) is 3.03. The van der Waals surface area contributed by atoms with Crippen molar-refractivity contribution in [2.24, 2.45) is 0 Å². The molecule has 0 aliphatic carbocycles. The summed E-state index contributed by atoms with van der Waals surface area (Å²) in [5.74, 6) is -0.460. The Bertz CT molecular complexity index is 794. The second kappa shape index (κ2) is 8.48. The highest BCUT2D eigenvalue weighted by Crippen LogP contribution is 2.33. The van der Waals surface area contributed by atoms with Crippen molar-refractivity contribution >= 4 is 29.3 Å². The highest BCUT2D eigenvalue weighted by Gasteiger charge is 2.14. The van der Waals surface area contributed by atoms with E-state index in [2.05, 4.69) is 10.1 Å². The minimum atomic E-state index is -3.01. The topological polar surface area (TPSA) is 47.6 Å². The number of rotatable bonds is 6. The zero-order valence-corrected chi connectivity index (χ0v) is 14.3. The molecule has 0 fully saturated rings. The van der Waals surface area contributed by atoms with Crippen molar-refractivity contribution in [3.63, 3.8) is 0 Å². The first-order valence-corrected chi connectivity index (χ1v) is 7.65. The predicted molar refractivity (Wildman–Crippen MR) is 93.5 cm³/mol. The standard InChI is InChI=1S/C18H16ClF2NO3/c1-11-6-8-14(13(19)10-11)22-16(23)9-7-12-4-3-5-15(24-2)17(12)25-18(20)21/h3-10,18H,1-2H3,(H,22,23)/b9-7+. The maximum Gasteiger partial charge on any atom is 0.387 e. The molecule has 1 amide bonds. The highest BCUT2D eigenvalue weighted by molar-refractivity contribution is 6.33. The number of ether oxygens (including phenoxy) is 2. The summed E-state index contributed by atoms with van der Waals surface area (Å²) >= 11 is 6.05. The van der Waals surface area contributed by atoms with Gasteiger partial charge in [-0.05, 0) is 36.8 Å². The first-order chi connectivity index (χ1) is 11.9. The number of methoxy groups -OCH3 is 1. The van der Waals surface area contributed by atoms with Crippen LogP contribution in [0.15, 0.2) is 42.5 Å². The quantitative estimate of drug-likeness (QED) is 0.738. The third kappa shape index (κ3) is 5.19. The second-order valence-electron chi connectivity index (χ2n) is 5.06. The zero-order valence-electron chi connectivity index (χ0n) is 13.6. The Morgan fingerprint density at radius 1 is 1.28 bits per heavy atom. The highest BCUT2D eigenvalue weighted by atomic mass is 35.5. The Morgan fingerprint density at radius 3 is 2.68 bits per heavy atom. The molecule has 2 aromatic rings. The first kappa shape index (κ1) is 18.7. The van der Waals surface area contributed by atoms with Gasteiger partial charge in [0.05, 0.1) is 17.8 Å². The average Bonchev–Trinajstić information content (AvgIpc) is 2.56. The van der Waals surface area contributed by atoms with Crippen molar-refractivity contribution in [3.8, 4) is 11.5 Å². The molecule has 0 heterocycles. The average molecular weight is 368 g/mol.